The highest BCUT2D eigenvalue weighted by Crippen LogP contribution is 2.42. The predicted molar refractivity (Wildman–Crippen MR) is 125 cm³/mol. The number of aliphatic hydroxyl groups excluding tert-OH is 1. The first-order valence-corrected chi connectivity index (χ1v) is 11.6. The van der Waals surface area contributed by atoms with Gasteiger partial charge in [0.15, 0.2) is 0 Å². The van der Waals surface area contributed by atoms with E-state index in [0.29, 0.717) is 12.0 Å². The standard InChI is InChI=1S/C27H30FN3O/c28-23-12-10-21(11-13-23)20-6-8-22(9-7-20)27-25-18-30(17-24-5-1-2-14-29-24)15-3-4-16-31(25)26(27)19-32/h1-2,5-14,25-27,32H,3-4,15-19H2/t25-,26-,27-/m1/s1. The summed E-state index contributed by atoms with van der Waals surface area (Å²) in [6.07, 6.45) is 4.19. The quantitative estimate of drug-likeness (QED) is 0.653. The molecule has 0 unspecified atom stereocenters. The minimum Gasteiger partial charge on any atom is -0.395 e. The van der Waals surface area contributed by atoms with Crippen molar-refractivity contribution in [1.29, 1.82) is 0 Å². The maximum Gasteiger partial charge on any atom is 0.123 e. The number of hydrogen-bond acceptors (Lipinski definition) is 4. The summed E-state index contributed by atoms with van der Waals surface area (Å²) >= 11 is 0. The van der Waals surface area contributed by atoms with Gasteiger partial charge in [-0.25, -0.2) is 4.39 Å². The Bertz CT molecular complexity index is 1010. The van der Waals surface area contributed by atoms with Gasteiger partial charge in [0.05, 0.1) is 12.3 Å². The molecule has 0 spiro atoms. The second kappa shape index (κ2) is 9.49. The summed E-state index contributed by atoms with van der Waals surface area (Å²) in [5.74, 6) is 0.0943. The third-order valence-corrected chi connectivity index (χ3v) is 7.04. The molecule has 2 aliphatic rings. The van der Waals surface area contributed by atoms with E-state index in [2.05, 4.69) is 51.2 Å². The number of rotatable bonds is 5. The highest BCUT2D eigenvalue weighted by atomic mass is 19.1. The zero-order valence-corrected chi connectivity index (χ0v) is 18.3. The average molecular weight is 432 g/mol. The smallest absolute Gasteiger partial charge is 0.123 e. The summed E-state index contributed by atoms with van der Waals surface area (Å²) in [5, 5.41) is 10.2. The molecular weight excluding hydrogens is 401 g/mol. The molecule has 166 valence electrons. The van der Waals surface area contributed by atoms with Gasteiger partial charge in [-0.05, 0) is 66.9 Å². The second-order valence-electron chi connectivity index (χ2n) is 8.97. The molecule has 1 N–H and O–H groups in total. The van der Waals surface area contributed by atoms with Gasteiger partial charge in [0.25, 0.3) is 0 Å². The van der Waals surface area contributed by atoms with E-state index >= 15 is 0 Å². The largest absolute Gasteiger partial charge is 0.395 e. The summed E-state index contributed by atoms with van der Waals surface area (Å²) in [6, 6.07) is 21.9. The minimum absolute atomic E-state index is 0.173. The molecule has 5 rings (SSSR count). The zero-order valence-electron chi connectivity index (χ0n) is 18.3. The highest BCUT2D eigenvalue weighted by molar-refractivity contribution is 5.63. The number of benzene rings is 2. The molecule has 32 heavy (non-hydrogen) atoms. The molecule has 3 heterocycles. The first-order chi connectivity index (χ1) is 15.7. The summed E-state index contributed by atoms with van der Waals surface area (Å²) < 4.78 is 13.3. The van der Waals surface area contributed by atoms with Crippen LogP contribution in [0.25, 0.3) is 11.1 Å². The van der Waals surface area contributed by atoms with E-state index in [-0.39, 0.29) is 18.5 Å². The fourth-order valence-corrected chi connectivity index (χ4v) is 5.42. The molecule has 2 aromatic carbocycles. The molecule has 2 fully saturated rings. The molecule has 0 radical (unpaired) electrons. The van der Waals surface area contributed by atoms with Crippen molar-refractivity contribution in [2.24, 2.45) is 0 Å². The van der Waals surface area contributed by atoms with Crippen LogP contribution in [0.5, 0.6) is 0 Å². The number of hydrogen-bond donors (Lipinski definition) is 1. The van der Waals surface area contributed by atoms with Gasteiger partial charge >= 0.3 is 0 Å². The van der Waals surface area contributed by atoms with Crippen LogP contribution in [0.2, 0.25) is 0 Å². The van der Waals surface area contributed by atoms with E-state index in [1.54, 1.807) is 0 Å². The van der Waals surface area contributed by atoms with Crippen LogP contribution in [0.15, 0.2) is 72.9 Å². The number of aliphatic hydroxyl groups is 1. The molecule has 3 aromatic rings. The van der Waals surface area contributed by atoms with E-state index in [9.17, 15) is 9.50 Å². The Morgan fingerprint density at radius 3 is 2.31 bits per heavy atom. The molecule has 0 saturated carbocycles. The van der Waals surface area contributed by atoms with Crippen molar-refractivity contribution < 1.29 is 9.50 Å². The summed E-state index contributed by atoms with van der Waals surface area (Å²) in [4.78, 5) is 9.55. The van der Waals surface area contributed by atoms with Gasteiger partial charge in [-0.3, -0.25) is 14.8 Å². The highest BCUT2D eigenvalue weighted by Gasteiger charge is 2.49. The van der Waals surface area contributed by atoms with E-state index in [1.165, 1.54) is 24.1 Å². The maximum absolute atomic E-state index is 13.3. The monoisotopic (exact) mass is 431 g/mol. The second-order valence-corrected chi connectivity index (χ2v) is 8.97. The third-order valence-electron chi connectivity index (χ3n) is 7.04. The lowest BCUT2D eigenvalue weighted by molar-refractivity contribution is -0.0656. The number of halogens is 1. The fraction of sp³-hybridized carbons (Fsp3) is 0.370. The molecule has 2 saturated heterocycles. The van der Waals surface area contributed by atoms with E-state index in [1.807, 2.05) is 24.4 Å². The van der Waals surface area contributed by atoms with Gasteiger partial charge in [-0.2, -0.15) is 0 Å². The number of pyridine rings is 1. The molecule has 1 aromatic heterocycles. The van der Waals surface area contributed by atoms with Crippen LogP contribution in [0.1, 0.15) is 30.0 Å². The van der Waals surface area contributed by atoms with Crippen LogP contribution in [0.3, 0.4) is 0 Å². The molecule has 4 nitrogen and oxygen atoms in total. The van der Waals surface area contributed by atoms with E-state index in [0.717, 1.165) is 49.4 Å². The Kier molecular flexibility index (Phi) is 6.30. The van der Waals surface area contributed by atoms with Gasteiger partial charge in [-0.15, -0.1) is 0 Å². The van der Waals surface area contributed by atoms with Crippen LogP contribution in [0.4, 0.5) is 4.39 Å². The van der Waals surface area contributed by atoms with Crippen molar-refractivity contribution in [2.75, 3.05) is 26.2 Å². The SMILES string of the molecule is OC[C@@H]1[C@H](c2ccc(-c3ccc(F)cc3)cc2)[C@H]2CN(Cc3ccccn3)CCCCN12. The topological polar surface area (TPSA) is 39.6 Å². The molecule has 2 aliphatic heterocycles. The Hall–Kier alpha value is -2.60. The van der Waals surface area contributed by atoms with Crippen LogP contribution < -0.4 is 0 Å². The van der Waals surface area contributed by atoms with Crippen molar-refractivity contribution in [2.45, 2.75) is 37.4 Å². The first kappa shape index (κ1) is 21.3. The lowest BCUT2D eigenvalue weighted by Crippen LogP contribution is -2.67. The van der Waals surface area contributed by atoms with Gasteiger partial charge in [-0.1, -0.05) is 42.5 Å². The van der Waals surface area contributed by atoms with Crippen LogP contribution in [-0.2, 0) is 6.54 Å². The van der Waals surface area contributed by atoms with Gasteiger partial charge in [0, 0.05) is 37.3 Å². The van der Waals surface area contributed by atoms with Crippen molar-refractivity contribution in [3.05, 3.63) is 90.0 Å². The molecular formula is C27H30FN3O. The number of aromatic nitrogens is 1. The maximum atomic E-state index is 13.3. The van der Waals surface area contributed by atoms with Crippen molar-refractivity contribution in [3.63, 3.8) is 0 Å². The number of nitrogens with zero attached hydrogens (tertiary/aromatic N) is 3. The Labute approximate surface area is 189 Å². The van der Waals surface area contributed by atoms with Gasteiger partial charge in [0.1, 0.15) is 5.82 Å². The third kappa shape index (κ3) is 4.33. The summed E-state index contributed by atoms with van der Waals surface area (Å²) in [6.45, 7) is 4.17. The molecule has 0 amide bonds. The number of fused-ring (bicyclic) bond motifs is 1. The van der Waals surface area contributed by atoms with E-state index in [4.69, 9.17) is 0 Å². The Morgan fingerprint density at radius 1 is 0.906 bits per heavy atom. The minimum atomic E-state index is -0.217. The lowest BCUT2D eigenvalue weighted by atomic mass is 9.74. The normalized spacial score (nSPS) is 24.2. The van der Waals surface area contributed by atoms with Crippen LogP contribution in [0, 0.1) is 5.82 Å². The zero-order chi connectivity index (χ0) is 21.9. The van der Waals surface area contributed by atoms with Crippen molar-refractivity contribution >= 4 is 0 Å². The van der Waals surface area contributed by atoms with Crippen molar-refractivity contribution in [3.8, 4) is 11.1 Å². The molecule has 3 atom stereocenters. The predicted octanol–water partition coefficient (Wildman–Crippen LogP) is 4.31. The molecule has 0 aliphatic carbocycles. The summed E-state index contributed by atoms with van der Waals surface area (Å²) in [7, 11) is 0. The molecule has 0 bridgehead atoms. The average Bonchev–Trinajstić information content (AvgIpc) is 2.81. The van der Waals surface area contributed by atoms with Gasteiger partial charge in [0.2, 0.25) is 0 Å². The Morgan fingerprint density at radius 2 is 1.62 bits per heavy atom. The lowest BCUT2D eigenvalue weighted by Gasteiger charge is -2.57. The van der Waals surface area contributed by atoms with Crippen molar-refractivity contribution in [1.82, 2.24) is 14.8 Å². The van der Waals surface area contributed by atoms with Crippen LogP contribution in [-0.4, -0.2) is 58.2 Å². The first-order valence-electron chi connectivity index (χ1n) is 11.6. The molecule has 5 heteroatoms. The van der Waals surface area contributed by atoms with E-state index < -0.39 is 0 Å². The summed E-state index contributed by atoms with van der Waals surface area (Å²) in [5.41, 5.74) is 4.48. The van der Waals surface area contributed by atoms with Gasteiger partial charge < -0.3 is 5.11 Å². The Balaban J connectivity index is 1.35. The fourth-order valence-electron chi connectivity index (χ4n) is 5.42. The van der Waals surface area contributed by atoms with Crippen LogP contribution >= 0.6 is 0 Å².